The van der Waals surface area contributed by atoms with Crippen LogP contribution in [0.5, 0.6) is 0 Å². The van der Waals surface area contributed by atoms with Crippen LogP contribution in [0, 0.1) is 0 Å². The van der Waals surface area contributed by atoms with Gasteiger partial charge in [-0.25, -0.2) is 0 Å². The Morgan fingerprint density at radius 2 is 1.65 bits per heavy atom. The van der Waals surface area contributed by atoms with Crippen molar-refractivity contribution in [2.75, 3.05) is 6.54 Å². The smallest absolute Gasteiger partial charge is 0.307 e. The minimum atomic E-state index is -0.855. The van der Waals surface area contributed by atoms with E-state index < -0.39 is 5.97 Å². The largest absolute Gasteiger partial charge is 0.481 e. The van der Waals surface area contributed by atoms with Crippen LogP contribution < -0.4 is 0 Å². The predicted octanol–water partition coefficient (Wildman–Crippen LogP) is 5.02. The maximum absolute atomic E-state index is 11.5. The van der Waals surface area contributed by atoms with Crippen molar-refractivity contribution in [1.82, 2.24) is 4.90 Å². The minimum absolute atomic E-state index is 0.0371. The Balaban J connectivity index is 2.47. The van der Waals surface area contributed by atoms with E-state index in [1.54, 1.807) is 0 Å². The van der Waals surface area contributed by atoms with Crippen molar-refractivity contribution in [2.45, 2.75) is 72.1 Å². The number of aliphatic carboxylic acids is 1. The van der Waals surface area contributed by atoms with E-state index in [1.807, 2.05) is 36.4 Å². The number of rotatable bonds is 11. The molecule has 0 aromatic heterocycles. The van der Waals surface area contributed by atoms with E-state index in [1.165, 1.54) is 6.92 Å². The molecule has 0 aliphatic heterocycles. The number of carbonyl (C=O) groups excluding carboxylic acids is 1. The van der Waals surface area contributed by atoms with E-state index in [9.17, 15) is 14.7 Å². The van der Waals surface area contributed by atoms with E-state index >= 15 is 0 Å². The summed E-state index contributed by atoms with van der Waals surface area (Å²) in [6.45, 7) is 11.3. The zero-order chi connectivity index (χ0) is 23.0. The number of nitrogens with zero attached hydrogens (tertiary/aromatic N) is 1. The summed E-state index contributed by atoms with van der Waals surface area (Å²) in [4.78, 5) is 25.3. The topological polar surface area (TPSA) is 66.8 Å². The summed E-state index contributed by atoms with van der Waals surface area (Å²) in [6, 6.07) is 16.8. The highest BCUT2D eigenvalue weighted by Gasteiger charge is 2.22. The highest BCUT2D eigenvalue weighted by atomic mass is 16.5. The second kappa shape index (κ2) is 11.7. The lowest BCUT2D eigenvalue weighted by Crippen LogP contribution is -2.38. The Morgan fingerprint density at radius 1 is 1.00 bits per heavy atom. The van der Waals surface area contributed by atoms with Gasteiger partial charge in [-0.05, 0) is 62.9 Å². The molecule has 0 bridgehead atoms. The van der Waals surface area contributed by atoms with Gasteiger partial charge in [-0.3, -0.25) is 14.5 Å². The fraction of sp³-hybridized carbons (Fsp3) is 0.462. The standard InChI is InChI=1S/C26H35NO4/c1-18(2)27(19(3)4)14-13-24(22-9-7-6-8-10-22)25-15-21(17-31-20(5)28)11-12-23(25)16-26(29)30/h6-12,15,18-19,24H,13-14,16-17H2,1-5H3,(H,29,30). The van der Waals surface area contributed by atoms with Crippen molar-refractivity contribution in [3.8, 4) is 0 Å². The first-order chi connectivity index (χ1) is 14.7. The molecular formula is C26H35NO4. The van der Waals surface area contributed by atoms with Gasteiger partial charge in [0.15, 0.2) is 0 Å². The van der Waals surface area contributed by atoms with Gasteiger partial charge in [-0.2, -0.15) is 0 Å². The van der Waals surface area contributed by atoms with Crippen molar-refractivity contribution >= 4 is 11.9 Å². The normalized spacial score (nSPS) is 12.4. The average molecular weight is 426 g/mol. The molecule has 2 aromatic rings. The van der Waals surface area contributed by atoms with Crippen LogP contribution in [-0.4, -0.2) is 40.6 Å². The molecule has 0 radical (unpaired) electrons. The molecule has 0 aliphatic carbocycles. The van der Waals surface area contributed by atoms with Crippen LogP contribution in [0.4, 0.5) is 0 Å². The molecule has 0 aliphatic rings. The summed E-state index contributed by atoms with van der Waals surface area (Å²) in [5.74, 6) is -1.14. The summed E-state index contributed by atoms with van der Waals surface area (Å²) >= 11 is 0. The second-order valence-corrected chi connectivity index (χ2v) is 8.56. The first-order valence-corrected chi connectivity index (χ1v) is 11.0. The summed E-state index contributed by atoms with van der Waals surface area (Å²) in [7, 11) is 0. The van der Waals surface area contributed by atoms with Crippen LogP contribution in [0.3, 0.4) is 0 Å². The third kappa shape index (κ3) is 7.51. The number of esters is 1. The molecule has 0 fully saturated rings. The quantitative estimate of drug-likeness (QED) is 0.512. The van der Waals surface area contributed by atoms with Crippen LogP contribution in [0.25, 0.3) is 0 Å². The number of hydrogen-bond donors (Lipinski definition) is 1. The van der Waals surface area contributed by atoms with Gasteiger partial charge in [0.1, 0.15) is 6.61 Å². The predicted molar refractivity (Wildman–Crippen MR) is 123 cm³/mol. The highest BCUT2D eigenvalue weighted by molar-refractivity contribution is 5.71. The third-order valence-corrected chi connectivity index (χ3v) is 5.57. The van der Waals surface area contributed by atoms with Gasteiger partial charge in [0.05, 0.1) is 6.42 Å². The van der Waals surface area contributed by atoms with Crippen molar-refractivity contribution in [2.24, 2.45) is 0 Å². The summed E-state index contributed by atoms with van der Waals surface area (Å²) in [5, 5.41) is 9.48. The van der Waals surface area contributed by atoms with Gasteiger partial charge in [-0.15, -0.1) is 0 Å². The maximum atomic E-state index is 11.5. The van der Waals surface area contributed by atoms with Crippen molar-refractivity contribution in [3.63, 3.8) is 0 Å². The molecule has 5 heteroatoms. The molecule has 31 heavy (non-hydrogen) atoms. The molecule has 1 N–H and O–H groups in total. The van der Waals surface area contributed by atoms with E-state index in [-0.39, 0.29) is 24.9 Å². The number of benzene rings is 2. The SMILES string of the molecule is CC(=O)OCc1ccc(CC(=O)O)c(C(CCN(C(C)C)C(C)C)c2ccccc2)c1. The fourth-order valence-corrected chi connectivity index (χ4v) is 4.15. The monoisotopic (exact) mass is 425 g/mol. The van der Waals surface area contributed by atoms with Gasteiger partial charge in [0.2, 0.25) is 0 Å². The number of carboxylic acids is 1. The lowest BCUT2D eigenvalue weighted by Gasteiger charge is -2.32. The van der Waals surface area contributed by atoms with Crippen molar-refractivity contribution in [3.05, 3.63) is 70.8 Å². The second-order valence-electron chi connectivity index (χ2n) is 8.56. The highest BCUT2D eigenvalue weighted by Crippen LogP contribution is 2.32. The molecule has 5 nitrogen and oxygen atoms in total. The van der Waals surface area contributed by atoms with Gasteiger partial charge in [0, 0.05) is 24.9 Å². The molecule has 0 saturated heterocycles. The third-order valence-electron chi connectivity index (χ3n) is 5.57. The molecule has 168 valence electrons. The Morgan fingerprint density at radius 3 is 2.19 bits per heavy atom. The summed E-state index contributed by atoms with van der Waals surface area (Å²) in [5.41, 5.74) is 3.82. The first-order valence-electron chi connectivity index (χ1n) is 11.0. The van der Waals surface area contributed by atoms with Gasteiger partial charge in [0.25, 0.3) is 0 Å². The fourth-order valence-electron chi connectivity index (χ4n) is 4.15. The molecule has 1 atom stereocenters. The number of hydrogen-bond acceptors (Lipinski definition) is 4. The molecule has 2 rings (SSSR count). The van der Waals surface area contributed by atoms with E-state index in [0.717, 1.165) is 35.2 Å². The van der Waals surface area contributed by atoms with Crippen LogP contribution in [0.1, 0.15) is 69.2 Å². The molecule has 0 spiro atoms. The first kappa shape index (κ1) is 24.6. The van der Waals surface area contributed by atoms with Crippen LogP contribution >= 0.6 is 0 Å². The lowest BCUT2D eigenvalue weighted by atomic mass is 9.83. The van der Waals surface area contributed by atoms with Gasteiger partial charge < -0.3 is 9.84 Å². The maximum Gasteiger partial charge on any atom is 0.307 e. The Kier molecular flexibility index (Phi) is 9.25. The summed E-state index contributed by atoms with van der Waals surface area (Å²) in [6.07, 6.45) is 0.828. The van der Waals surface area contributed by atoms with Gasteiger partial charge >= 0.3 is 11.9 Å². The molecule has 2 aromatic carbocycles. The van der Waals surface area contributed by atoms with E-state index in [0.29, 0.717) is 12.1 Å². The number of carboxylic acid groups (broad SMARTS) is 1. The average Bonchev–Trinajstić information content (AvgIpc) is 2.70. The van der Waals surface area contributed by atoms with Gasteiger partial charge in [-0.1, -0.05) is 48.5 Å². The zero-order valence-corrected chi connectivity index (χ0v) is 19.3. The van der Waals surface area contributed by atoms with Crippen LogP contribution in [0.15, 0.2) is 48.5 Å². The molecule has 0 saturated carbocycles. The Labute approximate surface area is 186 Å². The van der Waals surface area contributed by atoms with Crippen LogP contribution in [-0.2, 0) is 27.4 Å². The molecular weight excluding hydrogens is 390 g/mol. The molecule has 0 amide bonds. The number of ether oxygens (including phenoxy) is 1. The Hall–Kier alpha value is -2.66. The van der Waals surface area contributed by atoms with Crippen LogP contribution in [0.2, 0.25) is 0 Å². The summed E-state index contributed by atoms with van der Waals surface area (Å²) < 4.78 is 5.19. The number of carbonyl (C=O) groups is 2. The zero-order valence-electron chi connectivity index (χ0n) is 19.3. The van der Waals surface area contributed by atoms with E-state index in [2.05, 4.69) is 44.7 Å². The van der Waals surface area contributed by atoms with Crippen molar-refractivity contribution in [1.29, 1.82) is 0 Å². The lowest BCUT2D eigenvalue weighted by molar-refractivity contribution is -0.142. The molecule has 0 heterocycles. The minimum Gasteiger partial charge on any atom is -0.481 e. The Bertz CT molecular complexity index is 853. The van der Waals surface area contributed by atoms with E-state index in [4.69, 9.17) is 4.74 Å². The van der Waals surface area contributed by atoms with Crippen molar-refractivity contribution < 1.29 is 19.4 Å². The molecule has 1 unspecified atom stereocenters.